The standard InChI is InChI=1S/C24H29NO4/c1-15-7-9-21(18(11-15)23(2,3)4)28-14-22(27)25-16-8-10-20-17(12-16)19(26)13-24(5,6)29-20/h7-12H,13-14H2,1-6H3,(H,25,27). The number of amides is 1. The molecule has 0 saturated carbocycles. The summed E-state index contributed by atoms with van der Waals surface area (Å²) in [5.41, 5.74) is 2.65. The van der Waals surface area contributed by atoms with Gasteiger partial charge in [-0.1, -0.05) is 38.5 Å². The molecule has 0 bridgehead atoms. The van der Waals surface area contributed by atoms with Gasteiger partial charge in [0.1, 0.15) is 17.1 Å². The molecular weight excluding hydrogens is 366 g/mol. The van der Waals surface area contributed by atoms with E-state index < -0.39 is 5.60 Å². The van der Waals surface area contributed by atoms with E-state index in [0.717, 1.165) is 11.1 Å². The van der Waals surface area contributed by atoms with Crippen molar-refractivity contribution in [3.63, 3.8) is 0 Å². The van der Waals surface area contributed by atoms with Crippen molar-refractivity contribution >= 4 is 17.4 Å². The molecule has 0 unspecified atom stereocenters. The summed E-state index contributed by atoms with van der Waals surface area (Å²) >= 11 is 0. The Morgan fingerprint density at radius 2 is 1.90 bits per heavy atom. The average molecular weight is 395 g/mol. The lowest BCUT2D eigenvalue weighted by atomic mass is 9.85. The van der Waals surface area contributed by atoms with Crippen LogP contribution in [0.5, 0.6) is 11.5 Å². The maximum atomic E-state index is 12.4. The van der Waals surface area contributed by atoms with Gasteiger partial charge in [0.15, 0.2) is 12.4 Å². The first-order valence-electron chi connectivity index (χ1n) is 9.85. The largest absolute Gasteiger partial charge is 0.487 e. The molecule has 1 heterocycles. The number of ketones is 1. The molecule has 0 fully saturated rings. The second kappa shape index (κ2) is 7.54. The molecule has 5 heteroatoms. The van der Waals surface area contributed by atoms with E-state index in [2.05, 4.69) is 32.2 Å². The molecular formula is C24H29NO4. The van der Waals surface area contributed by atoms with E-state index in [1.54, 1.807) is 18.2 Å². The number of rotatable bonds is 4. The predicted molar refractivity (Wildman–Crippen MR) is 114 cm³/mol. The minimum absolute atomic E-state index is 0.0121. The molecule has 0 spiro atoms. The maximum Gasteiger partial charge on any atom is 0.262 e. The summed E-state index contributed by atoms with van der Waals surface area (Å²) in [5.74, 6) is 0.984. The van der Waals surface area contributed by atoms with Crippen molar-refractivity contribution in [1.29, 1.82) is 0 Å². The molecule has 1 aliphatic heterocycles. The van der Waals surface area contributed by atoms with E-state index in [1.807, 2.05) is 32.9 Å². The first-order chi connectivity index (χ1) is 13.4. The third-order valence-corrected chi connectivity index (χ3v) is 4.84. The molecule has 154 valence electrons. The van der Waals surface area contributed by atoms with Crippen LogP contribution in [-0.2, 0) is 10.2 Å². The van der Waals surface area contributed by atoms with Crippen molar-refractivity contribution in [2.75, 3.05) is 11.9 Å². The average Bonchev–Trinajstić information content (AvgIpc) is 2.59. The van der Waals surface area contributed by atoms with Crippen LogP contribution in [0.15, 0.2) is 36.4 Å². The Hall–Kier alpha value is -2.82. The number of hydrogen-bond acceptors (Lipinski definition) is 4. The first kappa shape index (κ1) is 20.9. The van der Waals surface area contributed by atoms with Crippen molar-refractivity contribution in [3.05, 3.63) is 53.1 Å². The number of ether oxygens (including phenoxy) is 2. The Kier molecular flexibility index (Phi) is 5.44. The van der Waals surface area contributed by atoms with Crippen LogP contribution in [0.1, 0.15) is 62.5 Å². The Morgan fingerprint density at radius 3 is 2.59 bits per heavy atom. The lowest BCUT2D eigenvalue weighted by Gasteiger charge is -2.31. The van der Waals surface area contributed by atoms with Crippen molar-refractivity contribution < 1.29 is 19.1 Å². The summed E-state index contributed by atoms with van der Waals surface area (Å²) < 4.78 is 11.7. The zero-order valence-electron chi connectivity index (χ0n) is 18.0. The fourth-order valence-corrected chi connectivity index (χ4v) is 3.43. The molecule has 0 saturated heterocycles. The zero-order valence-corrected chi connectivity index (χ0v) is 18.0. The van der Waals surface area contributed by atoms with E-state index in [-0.39, 0.29) is 23.7 Å². The maximum absolute atomic E-state index is 12.4. The minimum atomic E-state index is -0.512. The van der Waals surface area contributed by atoms with Crippen LogP contribution in [0.25, 0.3) is 0 Å². The van der Waals surface area contributed by atoms with Crippen molar-refractivity contribution in [1.82, 2.24) is 0 Å². The van der Waals surface area contributed by atoms with Gasteiger partial charge in [-0.25, -0.2) is 0 Å². The quantitative estimate of drug-likeness (QED) is 0.786. The first-order valence-corrected chi connectivity index (χ1v) is 9.85. The molecule has 0 aromatic heterocycles. The molecule has 1 amide bonds. The van der Waals surface area contributed by atoms with E-state index in [9.17, 15) is 9.59 Å². The summed E-state index contributed by atoms with van der Waals surface area (Å²) in [7, 11) is 0. The van der Waals surface area contributed by atoms with Gasteiger partial charge in [-0.2, -0.15) is 0 Å². The second-order valence-electron chi connectivity index (χ2n) is 9.26. The smallest absolute Gasteiger partial charge is 0.262 e. The monoisotopic (exact) mass is 395 g/mol. The lowest BCUT2D eigenvalue weighted by molar-refractivity contribution is -0.118. The summed E-state index contributed by atoms with van der Waals surface area (Å²) in [6.07, 6.45) is 0.309. The van der Waals surface area contributed by atoms with E-state index in [0.29, 0.717) is 29.2 Å². The Bertz CT molecular complexity index is 954. The van der Waals surface area contributed by atoms with E-state index in [4.69, 9.17) is 9.47 Å². The normalized spacial score (nSPS) is 15.3. The van der Waals surface area contributed by atoms with Crippen LogP contribution < -0.4 is 14.8 Å². The predicted octanol–water partition coefficient (Wildman–Crippen LogP) is 5.05. The number of benzene rings is 2. The number of carbonyl (C=O) groups is 2. The van der Waals surface area contributed by atoms with Gasteiger partial charge in [-0.15, -0.1) is 0 Å². The molecule has 5 nitrogen and oxygen atoms in total. The topological polar surface area (TPSA) is 64.6 Å². The van der Waals surface area contributed by atoms with Gasteiger partial charge in [0, 0.05) is 5.69 Å². The highest BCUT2D eigenvalue weighted by Crippen LogP contribution is 2.35. The third-order valence-electron chi connectivity index (χ3n) is 4.84. The summed E-state index contributed by atoms with van der Waals surface area (Å²) in [5, 5.41) is 2.80. The lowest BCUT2D eigenvalue weighted by Crippen LogP contribution is -2.35. The van der Waals surface area contributed by atoms with Gasteiger partial charge < -0.3 is 14.8 Å². The highest BCUT2D eigenvalue weighted by Gasteiger charge is 2.32. The summed E-state index contributed by atoms with van der Waals surface area (Å²) in [6.45, 7) is 12.0. The van der Waals surface area contributed by atoms with Crippen LogP contribution in [-0.4, -0.2) is 23.9 Å². The van der Waals surface area contributed by atoms with Gasteiger partial charge in [-0.3, -0.25) is 9.59 Å². The van der Waals surface area contributed by atoms with Gasteiger partial charge in [0.05, 0.1) is 12.0 Å². The molecule has 29 heavy (non-hydrogen) atoms. The van der Waals surface area contributed by atoms with Crippen LogP contribution in [0.4, 0.5) is 5.69 Å². The number of nitrogens with one attached hydrogen (secondary N) is 1. The fraction of sp³-hybridized carbons (Fsp3) is 0.417. The van der Waals surface area contributed by atoms with E-state index in [1.165, 1.54) is 0 Å². The number of aryl methyl sites for hydroxylation is 1. The van der Waals surface area contributed by atoms with Crippen LogP contribution in [0, 0.1) is 6.92 Å². The molecule has 2 aromatic carbocycles. The molecule has 0 atom stereocenters. The van der Waals surface area contributed by atoms with Gasteiger partial charge in [0.2, 0.25) is 0 Å². The zero-order chi connectivity index (χ0) is 21.4. The number of carbonyl (C=O) groups excluding carboxylic acids is 2. The molecule has 3 rings (SSSR count). The Labute approximate surface area is 172 Å². The Morgan fingerprint density at radius 1 is 1.17 bits per heavy atom. The van der Waals surface area contributed by atoms with Gasteiger partial charge >= 0.3 is 0 Å². The molecule has 0 aliphatic carbocycles. The number of anilines is 1. The number of hydrogen-bond donors (Lipinski definition) is 1. The molecule has 0 radical (unpaired) electrons. The van der Waals surface area contributed by atoms with Gasteiger partial charge in [-0.05, 0) is 56.0 Å². The minimum Gasteiger partial charge on any atom is -0.487 e. The van der Waals surface area contributed by atoms with Crippen molar-refractivity contribution in [2.45, 2.75) is 59.0 Å². The molecule has 1 N–H and O–H groups in total. The van der Waals surface area contributed by atoms with Crippen LogP contribution >= 0.6 is 0 Å². The van der Waals surface area contributed by atoms with Crippen LogP contribution in [0.2, 0.25) is 0 Å². The third kappa shape index (κ3) is 4.97. The highest BCUT2D eigenvalue weighted by atomic mass is 16.5. The fourth-order valence-electron chi connectivity index (χ4n) is 3.43. The van der Waals surface area contributed by atoms with Crippen molar-refractivity contribution in [3.8, 4) is 11.5 Å². The number of Topliss-reactive ketones (excluding diaryl/α,β-unsaturated/α-hetero) is 1. The van der Waals surface area contributed by atoms with Gasteiger partial charge in [0.25, 0.3) is 5.91 Å². The van der Waals surface area contributed by atoms with Crippen LogP contribution in [0.3, 0.4) is 0 Å². The van der Waals surface area contributed by atoms with E-state index >= 15 is 0 Å². The summed E-state index contributed by atoms with van der Waals surface area (Å²) in [4.78, 5) is 24.8. The van der Waals surface area contributed by atoms with Crippen molar-refractivity contribution in [2.24, 2.45) is 0 Å². The second-order valence-corrected chi connectivity index (χ2v) is 9.26. The SMILES string of the molecule is Cc1ccc(OCC(=O)Nc2ccc3c(c2)C(=O)CC(C)(C)O3)c(C(C)(C)C)c1. The Balaban J connectivity index is 1.69. The molecule has 2 aromatic rings. The number of fused-ring (bicyclic) bond motifs is 1. The molecule has 1 aliphatic rings. The summed E-state index contributed by atoms with van der Waals surface area (Å²) in [6, 6.07) is 11.1. The highest BCUT2D eigenvalue weighted by molar-refractivity contribution is 6.02.